The number of benzene rings is 2. The average molecular weight is 427 g/mol. The third kappa shape index (κ3) is 4.23. The zero-order chi connectivity index (χ0) is 19.8. The summed E-state index contributed by atoms with van der Waals surface area (Å²) in [5.41, 5.74) is 2.19. The third-order valence-electron chi connectivity index (χ3n) is 4.39. The van der Waals surface area contributed by atoms with Crippen molar-refractivity contribution in [3.05, 3.63) is 52.0 Å². The minimum Gasteiger partial charge on any atom is -0.312 e. The van der Waals surface area contributed by atoms with Crippen molar-refractivity contribution in [2.75, 3.05) is 16.2 Å². The van der Waals surface area contributed by atoms with Gasteiger partial charge in [0.2, 0.25) is 5.91 Å². The number of hydrogen-bond donors (Lipinski definition) is 1. The molecule has 0 radical (unpaired) electrons. The van der Waals surface area contributed by atoms with Gasteiger partial charge in [0, 0.05) is 28.9 Å². The van der Waals surface area contributed by atoms with Gasteiger partial charge in [-0.15, -0.1) is 0 Å². The Hall–Kier alpha value is -1.76. The van der Waals surface area contributed by atoms with Crippen LogP contribution in [0, 0.1) is 5.92 Å². The zero-order valence-corrected chi connectivity index (χ0v) is 17.3. The van der Waals surface area contributed by atoms with Crippen LogP contribution in [0.4, 0.5) is 11.4 Å². The highest BCUT2D eigenvalue weighted by molar-refractivity contribution is 7.92. The molecule has 1 aliphatic rings. The summed E-state index contributed by atoms with van der Waals surface area (Å²) in [5.74, 6) is -0.0332. The molecule has 0 spiro atoms. The Balaban J connectivity index is 1.91. The van der Waals surface area contributed by atoms with E-state index in [0.717, 1.165) is 24.1 Å². The number of halogens is 2. The normalized spacial score (nSPS) is 14.2. The van der Waals surface area contributed by atoms with Crippen molar-refractivity contribution in [2.45, 2.75) is 31.6 Å². The van der Waals surface area contributed by atoms with Crippen LogP contribution in [0.1, 0.15) is 25.8 Å². The van der Waals surface area contributed by atoms with Gasteiger partial charge in [-0.3, -0.25) is 9.52 Å². The van der Waals surface area contributed by atoms with Crippen molar-refractivity contribution in [1.82, 2.24) is 0 Å². The molecule has 2 aromatic rings. The molecule has 0 fully saturated rings. The van der Waals surface area contributed by atoms with Crippen LogP contribution < -0.4 is 9.62 Å². The highest BCUT2D eigenvalue weighted by Crippen LogP contribution is 2.32. The number of hydrogen-bond acceptors (Lipinski definition) is 3. The van der Waals surface area contributed by atoms with E-state index in [-0.39, 0.29) is 26.8 Å². The van der Waals surface area contributed by atoms with Crippen molar-refractivity contribution in [1.29, 1.82) is 0 Å². The molecule has 0 aliphatic carbocycles. The number of anilines is 2. The minimum absolute atomic E-state index is 0.0648. The Morgan fingerprint density at radius 2 is 1.89 bits per heavy atom. The van der Waals surface area contributed by atoms with E-state index in [1.807, 2.05) is 13.8 Å². The number of sulfonamides is 1. The van der Waals surface area contributed by atoms with Gasteiger partial charge in [0.15, 0.2) is 0 Å². The first-order valence-corrected chi connectivity index (χ1v) is 10.8. The summed E-state index contributed by atoms with van der Waals surface area (Å²) in [7, 11) is -3.88. The fraction of sp³-hybridized carbons (Fsp3) is 0.316. The van der Waals surface area contributed by atoms with Crippen LogP contribution in [-0.4, -0.2) is 20.9 Å². The lowest BCUT2D eigenvalue weighted by molar-refractivity contribution is -0.121. The molecular weight excluding hydrogens is 407 g/mol. The molecule has 5 nitrogen and oxygen atoms in total. The maximum absolute atomic E-state index is 12.7. The van der Waals surface area contributed by atoms with E-state index in [1.165, 1.54) is 18.2 Å². The fourth-order valence-corrected chi connectivity index (χ4v) is 4.91. The molecule has 1 aliphatic heterocycles. The summed E-state index contributed by atoms with van der Waals surface area (Å²) >= 11 is 11.9. The van der Waals surface area contributed by atoms with E-state index in [0.29, 0.717) is 12.2 Å². The highest BCUT2D eigenvalue weighted by Gasteiger charge is 2.25. The van der Waals surface area contributed by atoms with Crippen molar-refractivity contribution >= 4 is 50.5 Å². The maximum Gasteiger partial charge on any atom is 0.263 e. The first kappa shape index (κ1) is 20.0. The van der Waals surface area contributed by atoms with Crippen LogP contribution in [0.2, 0.25) is 10.0 Å². The fourth-order valence-electron chi connectivity index (χ4n) is 3.09. The number of aryl methyl sites for hydroxylation is 1. The highest BCUT2D eigenvalue weighted by atomic mass is 35.5. The molecular formula is C19H20Cl2N2O3S. The standard InChI is InChI=1S/C19H20Cl2N2O3S/c1-12(2)19(24)23-9-3-4-13-10-15(6-8-17(13)23)22-27(25,26)18-11-14(20)5-7-16(18)21/h5-8,10-12,22H,3-4,9H2,1-2H3. The Kier molecular flexibility index (Phi) is 5.70. The quantitative estimate of drug-likeness (QED) is 0.767. The average Bonchev–Trinajstić information content (AvgIpc) is 2.61. The van der Waals surface area contributed by atoms with Gasteiger partial charge < -0.3 is 4.90 Å². The van der Waals surface area contributed by atoms with Crippen LogP contribution in [0.3, 0.4) is 0 Å². The lowest BCUT2D eigenvalue weighted by Gasteiger charge is -2.31. The number of nitrogens with one attached hydrogen (secondary N) is 1. The van der Waals surface area contributed by atoms with Crippen molar-refractivity contribution < 1.29 is 13.2 Å². The topological polar surface area (TPSA) is 66.5 Å². The molecule has 0 saturated heterocycles. The van der Waals surface area contributed by atoms with Gasteiger partial charge in [-0.05, 0) is 54.8 Å². The van der Waals surface area contributed by atoms with Crippen LogP contribution >= 0.6 is 23.2 Å². The van der Waals surface area contributed by atoms with Crippen molar-refractivity contribution in [3.63, 3.8) is 0 Å². The van der Waals surface area contributed by atoms with Gasteiger partial charge in [0.1, 0.15) is 4.90 Å². The lowest BCUT2D eigenvalue weighted by atomic mass is 9.99. The molecule has 1 heterocycles. The predicted molar refractivity (Wildman–Crippen MR) is 109 cm³/mol. The van der Waals surface area contributed by atoms with Gasteiger partial charge in [-0.1, -0.05) is 37.0 Å². The molecule has 1 amide bonds. The molecule has 0 bridgehead atoms. The molecule has 3 rings (SSSR count). The Morgan fingerprint density at radius 3 is 2.59 bits per heavy atom. The number of amides is 1. The first-order valence-electron chi connectivity index (χ1n) is 8.61. The molecule has 0 saturated carbocycles. The maximum atomic E-state index is 12.7. The van der Waals surface area contributed by atoms with Crippen LogP contribution in [0.15, 0.2) is 41.3 Å². The SMILES string of the molecule is CC(C)C(=O)N1CCCc2cc(NS(=O)(=O)c3cc(Cl)ccc3Cl)ccc21. The van der Waals surface area contributed by atoms with E-state index in [4.69, 9.17) is 23.2 Å². The van der Waals surface area contributed by atoms with Gasteiger partial charge >= 0.3 is 0 Å². The smallest absolute Gasteiger partial charge is 0.263 e. The second-order valence-corrected chi connectivity index (χ2v) is 9.27. The molecule has 0 atom stereocenters. The number of rotatable bonds is 4. The van der Waals surface area contributed by atoms with Gasteiger partial charge in [0.05, 0.1) is 5.02 Å². The molecule has 8 heteroatoms. The molecule has 0 unspecified atom stereocenters. The van der Waals surface area contributed by atoms with Crippen molar-refractivity contribution in [3.8, 4) is 0 Å². The monoisotopic (exact) mass is 426 g/mol. The molecule has 27 heavy (non-hydrogen) atoms. The second kappa shape index (κ2) is 7.70. The minimum atomic E-state index is -3.88. The van der Waals surface area contributed by atoms with E-state index < -0.39 is 10.0 Å². The van der Waals surface area contributed by atoms with Gasteiger partial charge in [-0.25, -0.2) is 8.42 Å². The zero-order valence-electron chi connectivity index (χ0n) is 15.0. The van der Waals surface area contributed by atoms with Crippen LogP contribution in [0.5, 0.6) is 0 Å². The Bertz CT molecular complexity index is 990. The number of nitrogens with zero attached hydrogens (tertiary/aromatic N) is 1. The largest absolute Gasteiger partial charge is 0.312 e. The summed E-state index contributed by atoms with van der Waals surface area (Å²) in [6, 6.07) is 9.49. The van der Waals surface area contributed by atoms with E-state index in [1.54, 1.807) is 23.1 Å². The third-order valence-corrected chi connectivity index (χ3v) is 6.49. The summed E-state index contributed by atoms with van der Waals surface area (Å²) in [6.45, 7) is 4.41. The van der Waals surface area contributed by atoms with Crippen molar-refractivity contribution in [2.24, 2.45) is 5.92 Å². The Morgan fingerprint density at radius 1 is 1.15 bits per heavy atom. The summed E-state index contributed by atoms with van der Waals surface area (Å²) in [4.78, 5) is 14.1. The molecule has 0 aromatic heterocycles. The molecule has 2 aromatic carbocycles. The predicted octanol–water partition coefficient (Wildman–Crippen LogP) is 4.73. The van der Waals surface area contributed by atoms with Crippen LogP contribution in [0.25, 0.3) is 0 Å². The molecule has 144 valence electrons. The summed E-state index contributed by atoms with van der Waals surface area (Å²) in [5, 5.41) is 0.381. The van der Waals surface area contributed by atoms with Gasteiger partial charge in [0.25, 0.3) is 10.0 Å². The lowest BCUT2D eigenvalue weighted by Crippen LogP contribution is -2.38. The van der Waals surface area contributed by atoms with E-state index >= 15 is 0 Å². The Labute approximate surface area is 169 Å². The first-order chi connectivity index (χ1) is 12.7. The summed E-state index contributed by atoms with van der Waals surface area (Å²) in [6.07, 6.45) is 1.62. The second-order valence-electron chi connectivity index (χ2n) is 6.77. The van der Waals surface area contributed by atoms with E-state index in [9.17, 15) is 13.2 Å². The number of carbonyl (C=O) groups excluding carboxylic acids is 1. The molecule has 1 N–H and O–H groups in total. The van der Waals surface area contributed by atoms with Gasteiger partial charge in [-0.2, -0.15) is 0 Å². The number of carbonyl (C=O) groups is 1. The summed E-state index contributed by atoms with van der Waals surface area (Å²) < 4.78 is 27.9. The van der Waals surface area contributed by atoms with E-state index in [2.05, 4.69) is 4.72 Å². The van der Waals surface area contributed by atoms with Crippen LogP contribution in [-0.2, 0) is 21.2 Å². The number of fused-ring (bicyclic) bond motifs is 1.